The molecular formula is C19H24ClN3O3. The molecule has 1 aliphatic rings. The van der Waals surface area contributed by atoms with Crippen LogP contribution in [0.25, 0.3) is 0 Å². The second-order valence-electron chi connectivity index (χ2n) is 5.88. The van der Waals surface area contributed by atoms with E-state index in [0.717, 1.165) is 30.7 Å². The molecule has 2 aromatic rings. The Morgan fingerprint density at radius 3 is 2.73 bits per heavy atom. The van der Waals surface area contributed by atoms with Crippen molar-refractivity contribution in [2.75, 3.05) is 13.2 Å². The molecule has 1 fully saturated rings. The number of carbonyl (C=O) groups is 1. The van der Waals surface area contributed by atoms with E-state index < -0.39 is 0 Å². The minimum Gasteiger partial charge on any atom is -0.494 e. The number of hydrogen-bond donors (Lipinski definition) is 2. The highest BCUT2D eigenvalue weighted by Gasteiger charge is 2.21. The Balaban J connectivity index is 0.00000243. The van der Waals surface area contributed by atoms with E-state index in [1.165, 1.54) is 0 Å². The van der Waals surface area contributed by atoms with Gasteiger partial charge in [-0.15, -0.1) is 12.4 Å². The summed E-state index contributed by atoms with van der Waals surface area (Å²) in [7, 11) is 0. The van der Waals surface area contributed by atoms with E-state index in [2.05, 4.69) is 15.6 Å². The van der Waals surface area contributed by atoms with Crippen LogP contribution in [0.2, 0.25) is 0 Å². The summed E-state index contributed by atoms with van der Waals surface area (Å²) < 4.78 is 11.2. The maximum Gasteiger partial charge on any atom is 0.237 e. The average molecular weight is 378 g/mol. The second kappa shape index (κ2) is 9.99. The lowest BCUT2D eigenvalue weighted by Gasteiger charge is -2.12. The first kappa shape index (κ1) is 20.0. The zero-order valence-electron chi connectivity index (χ0n) is 14.7. The summed E-state index contributed by atoms with van der Waals surface area (Å²) >= 11 is 0. The van der Waals surface area contributed by atoms with Gasteiger partial charge in [0.2, 0.25) is 11.8 Å². The first-order valence-corrected chi connectivity index (χ1v) is 8.61. The number of nitrogens with one attached hydrogen (secondary N) is 2. The summed E-state index contributed by atoms with van der Waals surface area (Å²) in [5.74, 6) is 2.03. The fourth-order valence-electron chi connectivity index (χ4n) is 2.73. The third kappa shape index (κ3) is 5.61. The predicted molar refractivity (Wildman–Crippen MR) is 102 cm³/mol. The van der Waals surface area contributed by atoms with Gasteiger partial charge in [-0.2, -0.15) is 0 Å². The van der Waals surface area contributed by atoms with E-state index in [1.54, 1.807) is 6.20 Å². The van der Waals surface area contributed by atoms with Crippen molar-refractivity contribution in [3.8, 4) is 17.4 Å². The van der Waals surface area contributed by atoms with Gasteiger partial charge in [0, 0.05) is 18.8 Å². The molecule has 2 heterocycles. The monoisotopic (exact) mass is 377 g/mol. The van der Waals surface area contributed by atoms with Gasteiger partial charge in [-0.3, -0.25) is 4.79 Å². The maximum atomic E-state index is 12.0. The van der Waals surface area contributed by atoms with Crippen LogP contribution in [0, 0.1) is 0 Å². The van der Waals surface area contributed by atoms with Crippen molar-refractivity contribution >= 4 is 18.3 Å². The molecule has 0 spiro atoms. The highest BCUT2D eigenvalue weighted by Crippen LogP contribution is 2.23. The van der Waals surface area contributed by atoms with E-state index in [-0.39, 0.29) is 24.4 Å². The van der Waals surface area contributed by atoms with Crippen molar-refractivity contribution in [3.63, 3.8) is 0 Å². The second-order valence-corrected chi connectivity index (χ2v) is 5.88. The predicted octanol–water partition coefficient (Wildman–Crippen LogP) is 3.06. The Kier molecular flexibility index (Phi) is 7.69. The molecule has 1 aromatic heterocycles. The Labute approximate surface area is 159 Å². The van der Waals surface area contributed by atoms with Crippen LogP contribution in [0.15, 0.2) is 42.6 Å². The lowest BCUT2D eigenvalue weighted by atomic mass is 10.2. The molecule has 1 saturated heterocycles. The topological polar surface area (TPSA) is 72.5 Å². The zero-order valence-corrected chi connectivity index (χ0v) is 15.6. The van der Waals surface area contributed by atoms with Crippen molar-refractivity contribution in [3.05, 3.63) is 48.2 Å². The first-order chi connectivity index (χ1) is 12.2. The third-order valence-electron chi connectivity index (χ3n) is 4.00. The van der Waals surface area contributed by atoms with Crippen LogP contribution >= 0.6 is 12.4 Å². The number of pyridine rings is 1. The van der Waals surface area contributed by atoms with Crippen molar-refractivity contribution in [2.45, 2.75) is 32.4 Å². The molecule has 1 amide bonds. The van der Waals surface area contributed by atoms with Gasteiger partial charge in [0.1, 0.15) is 11.5 Å². The van der Waals surface area contributed by atoms with Gasteiger partial charge >= 0.3 is 0 Å². The number of halogens is 1. The van der Waals surface area contributed by atoms with Gasteiger partial charge in [-0.25, -0.2) is 4.98 Å². The van der Waals surface area contributed by atoms with Crippen LogP contribution in [0.1, 0.15) is 25.3 Å². The number of ether oxygens (including phenoxy) is 2. The molecule has 1 unspecified atom stereocenters. The Bertz CT molecular complexity index is 703. The van der Waals surface area contributed by atoms with Crippen LogP contribution < -0.4 is 20.1 Å². The van der Waals surface area contributed by atoms with Gasteiger partial charge in [0.25, 0.3) is 0 Å². The van der Waals surface area contributed by atoms with Crippen LogP contribution in [-0.4, -0.2) is 30.1 Å². The molecule has 1 aromatic carbocycles. The Morgan fingerprint density at radius 1 is 1.27 bits per heavy atom. The van der Waals surface area contributed by atoms with Crippen molar-refractivity contribution in [2.24, 2.45) is 0 Å². The SMILES string of the molecule is CCOc1ccc(Oc2cc(CNC(=O)C3CCCN3)ccn2)cc1.Cl. The molecule has 1 atom stereocenters. The van der Waals surface area contributed by atoms with Crippen molar-refractivity contribution in [1.29, 1.82) is 0 Å². The van der Waals surface area contributed by atoms with Gasteiger partial charge in [-0.05, 0) is 62.2 Å². The van der Waals surface area contributed by atoms with Crippen LogP contribution in [0.3, 0.4) is 0 Å². The smallest absolute Gasteiger partial charge is 0.237 e. The molecule has 2 N–H and O–H groups in total. The Morgan fingerprint density at radius 2 is 2.04 bits per heavy atom. The van der Waals surface area contributed by atoms with Gasteiger partial charge in [0.15, 0.2) is 0 Å². The summed E-state index contributed by atoms with van der Waals surface area (Å²) in [6, 6.07) is 11.0. The maximum absolute atomic E-state index is 12.0. The molecule has 26 heavy (non-hydrogen) atoms. The number of amides is 1. The molecule has 0 bridgehead atoms. The zero-order chi connectivity index (χ0) is 17.5. The van der Waals surface area contributed by atoms with E-state index in [9.17, 15) is 4.79 Å². The molecule has 0 radical (unpaired) electrons. The average Bonchev–Trinajstić information content (AvgIpc) is 3.17. The van der Waals surface area contributed by atoms with Crippen LogP contribution in [-0.2, 0) is 11.3 Å². The molecule has 7 heteroatoms. The summed E-state index contributed by atoms with van der Waals surface area (Å²) in [6.45, 7) is 3.94. The fourth-order valence-corrected chi connectivity index (χ4v) is 2.73. The van der Waals surface area contributed by atoms with E-state index in [4.69, 9.17) is 9.47 Å². The normalized spacial score (nSPS) is 15.8. The quantitative estimate of drug-likeness (QED) is 0.775. The fraction of sp³-hybridized carbons (Fsp3) is 0.368. The van der Waals surface area contributed by atoms with Crippen LogP contribution in [0.5, 0.6) is 17.4 Å². The molecule has 140 valence electrons. The third-order valence-corrected chi connectivity index (χ3v) is 4.00. The van der Waals surface area contributed by atoms with Crippen LogP contribution in [0.4, 0.5) is 0 Å². The van der Waals surface area contributed by atoms with Gasteiger partial charge in [-0.1, -0.05) is 0 Å². The Hall–Kier alpha value is -2.31. The standard InChI is InChI=1S/C19H23N3O3.ClH/c1-2-24-15-5-7-16(8-6-15)25-18-12-14(9-11-21-18)13-22-19(23)17-4-3-10-20-17;/h5-9,11-12,17,20H,2-4,10,13H2,1H3,(H,22,23);1H. The molecular weight excluding hydrogens is 354 g/mol. The lowest BCUT2D eigenvalue weighted by Crippen LogP contribution is -2.39. The number of aromatic nitrogens is 1. The molecule has 1 aliphatic heterocycles. The minimum atomic E-state index is -0.0681. The summed E-state index contributed by atoms with van der Waals surface area (Å²) in [5, 5.41) is 6.14. The minimum absolute atomic E-state index is 0. The van der Waals surface area contributed by atoms with E-state index >= 15 is 0 Å². The number of nitrogens with zero attached hydrogens (tertiary/aromatic N) is 1. The summed E-state index contributed by atoms with van der Waals surface area (Å²) in [6.07, 6.45) is 3.63. The number of benzene rings is 1. The molecule has 3 rings (SSSR count). The van der Waals surface area contributed by atoms with Crippen molar-refractivity contribution < 1.29 is 14.3 Å². The lowest BCUT2D eigenvalue weighted by molar-refractivity contribution is -0.122. The van der Waals surface area contributed by atoms with Gasteiger partial charge < -0.3 is 20.1 Å². The number of rotatable bonds is 7. The van der Waals surface area contributed by atoms with E-state index in [1.807, 2.05) is 43.3 Å². The molecule has 6 nitrogen and oxygen atoms in total. The molecule has 0 saturated carbocycles. The number of hydrogen-bond acceptors (Lipinski definition) is 5. The van der Waals surface area contributed by atoms with Gasteiger partial charge in [0.05, 0.1) is 12.6 Å². The highest BCUT2D eigenvalue weighted by atomic mass is 35.5. The number of carbonyl (C=O) groups excluding carboxylic acids is 1. The first-order valence-electron chi connectivity index (χ1n) is 8.61. The van der Waals surface area contributed by atoms with Crippen molar-refractivity contribution in [1.82, 2.24) is 15.6 Å². The van der Waals surface area contributed by atoms with E-state index in [0.29, 0.717) is 24.8 Å². The summed E-state index contributed by atoms with van der Waals surface area (Å²) in [4.78, 5) is 16.3. The summed E-state index contributed by atoms with van der Waals surface area (Å²) in [5.41, 5.74) is 0.947. The highest BCUT2D eigenvalue weighted by molar-refractivity contribution is 5.85. The largest absolute Gasteiger partial charge is 0.494 e. The molecule has 0 aliphatic carbocycles.